The van der Waals surface area contributed by atoms with E-state index in [0.29, 0.717) is 50.7 Å². The molecule has 0 saturated heterocycles. The fourth-order valence-electron chi connectivity index (χ4n) is 2.97. The molecule has 0 aromatic heterocycles. The molecule has 166 valence electrons. The Kier molecular flexibility index (Phi) is 18.4. The van der Waals surface area contributed by atoms with E-state index in [1.54, 1.807) is 0 Å². The summed E-state index contributed by atoms with van der Waals surface area (Å²) >= 11 is 0. The summed E-state index contributed by atoms with van der Waals surface area (Å²) in [5.41, 5.74) is 0. The average Bonchev–Trinajstić information content (AvgIpc) is 2.70. The van der Waals surface area contributed by atoms with Crippen molar-refractivity contribution in [3.8, 4) is 0 Å². The standard InChI is InChI=1S/C22H42O6/c1-3-19(17-23)11-7-9-15-27-21(25)13-5-6-14-22(26)28-16-10-8-12-20(4-2)18-24/h19-20,23-24H,3-18H2,1-2H3. The minimum Gasteiger partial charge on any atom is -0.466 e. The molecule has 0 heterocycles. The average molecular weight is 403 g/mol. The number of esters is 2. The van der Waals surface area contributed by atoms with Gasteiger partial charge in [-0.2, -0.15) is 0 Å². The van der Waals surface area contributed by atoms with Gasteiger partial charge in [-0.25, -0.2) is 0 Å². The first kappa shape index (κ1) is 26.9. The molecule has 0 aliphatic rings. The second kappa shape index (κ2) is 19.2. The number of carbonyl (C=O) groups is 2. The van der Waals surface area contributed by atoms with Gasteiger partial charge in [-0.15, -0.1) is 0 Å². The van der Waals surface area contributed by atoms with Gasteiger partial charge in [0, 0.05) is 26.1 Å². The lowest BCUT2D eigenvalue weighted by Crippen LogP contribution is -2.09. The Balaban J connectivity index is 3.48. The van der Waals surface area contributed by atoms with Crippen LogP contribution in [0.5, 0.6) is 0 Å². The number of carbonyl (C=O) groups excluding carboxylic acids is 2. The first-order valence-electron chi connectivity index (χ1n) is 11.1. The summed E-state index contributed by atoms with van der Waals surface area (Å²) in [6.45, 7) is 5.44. The van der Waals surface area contributed by atoms with E-state index in [1.807, 2.05) is 0 Å². The van der Waals surface area contributed by atoms with Gasteiger partial charge >= 0.3 is 11.9 Å². The topological polar surface area (TPSA) is 93.1 Å². The van der Waals surface area contributed by atoms with Crippen molar-refractivity contribution in [2.45, 2.75) is 90.9 Å². The van der Waals surface area contributed by atoms with Crippen LogP contribution >= 0.6 is 0 Å². The third-order valence-corrected chi connectivity index (χ3v) is 5.22. The largest absolute Gasteiger partial charge is 0.466 e. The molecule has 2 unspecified atom stereocenters. The van der Waals surface area contributed by atoms with Gasteiger partial charge in [0.25, 0.3) is 0 Å². The highest BCUT2D eigenvalue weighted by Crippen LogP contribution is 2.13. The van der Waals surface area contributed by atoms with Gasteiger partial charge in [0.05, 0.1) is 13.2 Å². The fourth-order valence-corrected chi connectivity index (χ4v) is 2.97. The maximum absolute atomic E-state index is 11.6. The number of aliphatic hydroxyl groups excluding tert-OH is 2. The number of hydrogen-bond donors (Lipinski definition) is 2. The molecular formula is C22H42O6. The molecular weight excluding hydrogens is 360 g/mol. The van der Waals surface area contributed by atoms with Crippen molar-refractivity contribution in [3.63, 3.8) is 0 Å². The summed E-state index contributed by atoms with van der Waals surface area (Å²) in [4.78, 5) is 23.3. The van der Waals surface area contributed by atoms with Crippen LogP contribution in [0, 0.1) is 11.8 Å². The molecule has 0 rings (SSSR count). The molecule has 0 amide bonds. The van der Waals surface area contributed by atoms with E-state index in [2.05, 4.69) is 13.8 Å². The summed E-state index contributed by atoms with van der Waals surface area (Å²) in [6.07, 6.45) is 9.37. The highest BCUT2D eigenvalue weighted by molar-refractivity contribution is 5.70. The quantitative estimate of drug-likeness (QED) is 0.250. The lowest BCUT2D eigenvalue weighted by molar-refractivity contribution is -0.146. The van der Waals surface area contributed by atoms with Crippen molar-refractivity contribution in [1.29, 1.82) is 0 Å². The van der Waals surface area contributed by atoms with E-state index in [9.17, 15) is 9.59 Å². The van der Waals surface area contributed by atoms with E-state index in [1.165, 1.54) is 0 Å². The van der Waals surface area contributed by atoms with Crippen molar-refractivity contribution in [3.05, 3.63) is 0 Å². The van der Waals surface area contributed by atoms with Gasteiger partial charge in [0.2, 0.25) is 0 Å². The molecule has 0 fully saturated rings. The van der Waals surface area contributed by atoms with Crippen LogP contribution in [0.1, 0.15) is 90.9 Å². The Morgan fingerprint density at radius 1 is 0.679 bits per heavy atom. The van der Waals surface area contributed by atoms with E-state index in [-0.39, 0.29) is 25.2 Å². The molecule has 0 aliphatic heterocycles. The van der Waals surface area contributed by atoms with Crippen molar-refractivity contribution in [2.24, 2.45) is 11.8 Å². The Hall–Kier alpha value is -1.14. The molecule has 0 radical (unpaired) electrons. The zero-order chi connectivity index (χ0) is 21.0. The zero-order valence-electron chi connectivity index (χ0n) is 18.0. The molecule has 0 aromatic rings. The number of ether oxygens (including phenoxy) is 2. The molecule has 0 aliphatic carbocycles. The second-order valence-electron chi connectivity index (χ2n) is 7.55. The van der Waals surface area contributed by atoms with E-state index in [4.69, 9.17) is 19.7 Å². The summed E-state index contributed by atoms with van der Waals surface area (Å²) in [6, 6.07) is 0. The third-order valence-electron chi connectivity index (χ3n) is 5.22. The smallest absolute Gasteiger partial charge is 0.305 e. The van der Waals surface area contributed by atoms with E-state index < -0.39 is 0 Å². The predicted octanol–water partition coefficient (Wildman–Crippen LogP) is 4.01. The minimum absolute atomic E-state index is 0.211. The van der Waals surface area contributed by atoms with Gasteiger partial charge in [-0.05, 0) is 63.2 Å². The van der Waals surface area contributed by atoms with Gasteiger partial charge in [-0.1, -0.05) is 26.7 Å². The van der Waals surface area contributed by atoms with Gasteiger partial charge in [0.15, 0.2) is 0 Å². The lowest BCUT2D eigenvalue weighted by Gasteiger charge is -2.11. The van der Waals surface area contributed by atoms with Crippen LogP contribution < -0.4 is 0 Å². The third kappa shape index (κ3) is 15.9. The Labute approximate surface area is 171 Å². The first-order valence-corrected chi connectivity index (χ1v) is 11.1. The van der Waals surface area contributed by atoms with Crippen LogP contribution in [-0.2, 0) is 19.1 Å². The SMILES string of the molecule is CCC(CO)CCCCOC(=O)CCCCC(=O)OCCCCC(CC)CO. The number of aliphatic hydroxyl groups is 2. The van der Waals surface area contributed by atoms with Gasteiger partial charge < -0.3 is 19.7 Å². The maximum atomic E-state index is 11.6. The van der Waals surface area contributed by atoms with Crippen molar-refractivity contribution < 1.29 is 29.3 Å². The highest BCUT2D eigenvalue weighted by Gasteiger charge is 2.08. The molecule has 28 heavy (non-hydrogen) atoms. The molecule has 0 spiro atoms. The summed E-state index contributed by atoms with van der Waals surface area (Å²) in [7, 11) is 0. The van der Waals surface area contributed by atoms with Crippen molar-refractivity contribution in [1.82, 2.24) is 0 Å². The molecule has 2 N–H and O–H groups in total. The molecule has 0 aromatic carbocycles. The van der Waals surface area contributed by atoms with Crippen LogP contribution in [0.4, 0.5) is 0 Å². The lowest BCUT2D eigenvalue weighted by atomic mass is 10.0. The van der Waals surface area contributed by atoms with Crippen molar-refractivity contribution >= 4 is 11.9 Å². The first-order chi connectivity index (χ1) is 13.6. The Bertz CT molecular complexity index is 341. The highest BCUT2D eigenvalue weighted by atomic mass is 16.5. The van der Waals surface area contributed by atoms with Crippen LogP contribution in [0.25, 0.3) is 0 Å². The molecule has 0 bridgehead atoms. The zero-order valence-corrected chi connectivity index (χ0v) is 18.0. The maximum Gasteiger partial charge on any atom is 0.305 e. The van der Waals surface area contributed by atoms with Crippen LogP contribution in [0.3, 0.4) is 0 Å². The summed E-state index contributed by atoms with van der Waals surface area (Å²) in [5.74, 6) is 0.280. The van der Waals surface area contributed by atoms with Crippen LogP contribution in [0.15, 0.2) is 0 Å². The molecule has 0 saturated carbocycles. The molecule has 6 nitrogen and oxygen atoms in total. The fraction of sp³-hybridized carbons (Fsp3) is 0.909. The normalized spacial score (nSPS) is 13.1. The summed E-state index contributed by atoms with van der Waals surface area (Å²) < 4.78 is 10.4. The number of unbranched alkanes of at least 4 members (excludes halogenated alkanes) is 3. The van der Waals surface area contributed by atoms with E-state index in [0.717, 1.165) is 51.4 Å². The summed E-state index contributed by atoms with van der Waals surface area (Å²) in [5, 5.41) is 18.2. The number of rotatable bonds is 19. The van der Waals surface area contributed by atoms with Crippen LogP contribution in [-0.4, -0.2) is 48.6 Å². The van der Waals surface area contributed by atoms with Crippen molar-refractivity contribution in [2.75, 3.05) is 26.4 Å². The number of hydrogen-bond acceptors (Lipinski definition) is 6. The Morgan fingerprint density at radius 3 is 1.39 bits per heavy atom. The van der Waals surface area contributed by atoms with Gasteiger partial charge in [0.1, 0.15) is 0 Å². The Morgan fingerprint density at radius 2 is 1.07 bits per heavy atom. The van der Waals surface area contributed by atoms with E-state index >= 15 is 0 Å². The van der Waals surface area contributed by atoms with Gasteiger partial charge in [-0.3, -0.25) is 9.59 Å². The molecule has 2 atom stereocenters. The van der Waals surface area contributed by atoms with Crippen LogP contribution in [0.2, 0.25) is 0 Å². The monoisotopic (exact) mass is 402 g/mol. The molecule has 6 heteroatoms. The second-order valence-corrected chi connectivity index (χ2v) is 7.55. The minimum atomic E-state index is -0.211. The predicted molar refractivity (Wildman–Crippen MR) is 110 cm³/mol.